The summed E-state index contributed by atoms with van der Waals surface area (Å²) < 4.78 is 3.26. The van der Waals surface area contributed by atoms with Gasteiger partial charge >= 0.3 is 0 Å². The number of hydrogen-bond acceptors (Lipinski definition) is 3. The molecule has 6 heteroatoms. The van der Waals surface area contributed by atoms with Crippen LogP contribution in [0.1, 0.15) is 0 Å². The molecular formula is C104H74Br3N3. The lowest BCUT2D eigenvalue weighted by atomic mass is 9.94. The maximum atomic E-state index is 3.58. The van der Waals surface area contributed by atoms with Gasteiger partial charge in [-0.3, -0.25) is 0 Å². The summed E-state index contributed by atoms with van der Waals surface area (Å²) in [7, 11) is 0. The normalized spacial score (nSPS) is 10.9. The predicted molar refractivity (Wildman–Crippen MR) is 480 cm³/mol. The number of nitrogens with zero attached hydrogens (tertiary/aromatic N) is 3. The Morgan fingerprint density at radius 1 is 0.145 bits per heavy atom. The maximum Gasteiger partial charge on any atom is 0.0540 e. The maximum absolute atomic E-state index is 3.58. The average molecular weight is 1610 g/mol. The quantitative estimate of drug-likeness (QED) is 0.0955. The third-order valence-corrected chi connectivity index (χ3v) is 21.3. The minimum absolute atomic E-state index is 1.09. The Hall–Kier alpha value is -12.7. The molecule has 18 aromatic rings. The summed E-state index contributed by atoms with van der Waals surface area (Å²) in [6, 6.07) is 159. The molecule has 0 amide bonds. The lowest BCUT2D eigenvalue weighted by molar-refractivity contribution is 1.28. The molecular weight excluding hydrogens is 1530 g/mol. The summed E-state index contributed by atoms with van der Waals surface area (Å²) in [5, 5.41) is 4.92. The molecule has 0 saturated heterocycles. The van der Waals surface area contributed by atoms with E-state index in [2.05, 4.69) is 511 Å². The molecule has 0 N–H and O–H groups in total. The van der Waals surface area contributed by atoms with Crippen molar-refractivity contribution in [1.82, 2.24) is 0 Å². The number of anilines is 9. The summed E-state index contributed by atoms with van der Waals surface area (Å²) in [6.07, 6.45) is 0. The highest BCUT2D eigenvalue weighted by Crippen LogP contribution is 2.44. The van der Waals surface area contributed by atoms with Crippen molar-refractivity contribution in [2.45, 2.75) is 0 Å². The van der Waals surface area contributed by atoms with Gasteiger partial charge in [-0.2, -0.15) is 0 Å². The van der Waals surface area contributed by atoms with Crippen LogP contribution in [-0.2, 0) is 0 Å². The fourth-order valence-corrected chi connectivity index (χ4v) is 15.3. The second kappa shape index (κ2) is 34.0. The summed E-state index contributed by atoms with van der Waals surface area (Å²) in [4.78, 5) is 6.99. The first-order valence-corrected chi connectivity index (χ1v) is 39.2. The van der Waals surface area contributed by atoms with Crippen LogP contribution in [0.2, 0.25) is 0 Å². The van der Waals surface area contributed by atoms with E-state index in [1.54, 1.807) is 0 Å². The smallest absolute Gasteiger partial charge is 0.0540 e. The Kier molecular flexibility index (Phi) is 22.2. The van der Waals surface area contributed by atoms with E-state index in [-0.39, 0.29) is 0 Å². The molecule has 0 unspecified atom stereocenters. The van der Waals surface area contributed by atoms with Crippen LogP contribution in [0.4, 0.5) is 51.2 Å². The zero-order chi connectivity index (χ0) is 74.4. The molecule has 18 aromatic carbocycles. The molecule has 0 saturated carbocycles. The molecule has 0 aliphatic rings. The number of hydrogen-bond donors (Lipinski definition) is 0. The number of benzene rings is 18. The molecule has 0 heterocycles. The third-order valence-electron chi connectivity index (χ3n) is 19.8. The standard InChI is InChI=1S/C36H26BrN.2C34H24BrN/c37-33-20-14-29(15-21-33)31-10-7-11-32(26-31)30-18-24-36(25-19-30)38(34-12-5-2-6-13-34)35-22-16-28(17-23-35)27-8-3-1-4-9-27;35-30-13-6-11-28(23-30)25-19-21-26(22-20-25)29-12-7-16-32(24-29)36(31-14-2-1-3-15-31)34-18-8-10-27-9-4-5-17-33(27)34;35-28-21-17-26(18-22-28)31-13-6-7-14-32(31)27-19-23-30(24-20-27)36(29-11-2-1-3-12-29)34-16-8-10-25-9-4-5-15-33(25)34/h1-26H;2*1-24H. The van der Waals surface area contributed by atoms with E-state index in [4.69, 9.17) is 0 Å². The first kappa shape index (κ1) is 71.6. The van der Waals surface area contributed by atoms with Crippen molar-refractivity contribution in [3.05, 3.63) is 462 Å². The third kappa shape index (κ3) is 16.6. The lowest BCUT2D eigenvalue weighted by Gasteiger charge is -2.27. The van der Waals surface area contributed by atoms with Gasteiger partial charge in [0.15, 0.2) is 0 Å². The molecule has 0 aromatic heterocycles. The van der Waals surface area contributed by atoms with E-state index in [0.29, 0.717) is 0 Å². The van der Waals surface area contributed by atoms with Gasteiger partial charge in [-0.05, 0) is 228 Å². The topological polar surface area (TPSA) is 9.72 Å². The Labute approximate surface area is 670 Å². The minimum atomic E-state index is 1.09. The molecule has 0 atom stereocenters. The van der Waals surface area contributed by atoms with Gasteiger partial charge in [-0.25, -0.2) is 0 Å². The summed E-state index contributed by atoms with van der Waals surface area (Å²) in [6.45, 7) is 0. The highest BCUT2D eigenvalue weighted by atomic mass is 79.9. The van der Waals surface area contributed by atoms with Crippen molar-refractivity contribution >= 4 is 121 Å². The molecule has 0 aliphatic heterocycles. The Morgan fingerprint density at radius 3 is 0.864 bits per heavy atom. The highest BCUT2D eigenvalue weighted by molar-refractivity contribution is 9.11. The fourth-order valence-electron chi connectivity index (χ4n) is 14.4. The second-order valence-corrected chi connectivity index (χ2v) is 29.5. The van der Waals surface area contributed by atoms with Crippen LogP contribution >= 0.6 is 47.8 Å². The van der Waals surface area contributed by atoms with E-state index < -0.39 is 0 Å². The number of fused-ring (bicyclic) bond motifs is 2. The van der Waals surface area contributed by atoms with Crippen LogP contribution < -0.4 is 14.7 Å². The van der Waals surface area contributed by atoms with Gasteiger partial charge in [0.1, 0.15) is 0 Å². The predicted octanol–water partition coefficient (Wildman–Crippen LogP) is 31.7. The molecule has 3 nitrogen and oxygen atoms in total. The lowest BCUT2D eigenvalue weighted by Crippen LogP contribution is -2.10. The molecule has 0 radical (unpaired) electrons. The second-order valence-electron chi connectivity index (χ2n) is 26.8. The van der Waals surface area contributed by atoms with Crippen LogP contribution in [0.25, 0.3) is 99.4 Å². The number of halogens is 3. The van der Waals surface area contributed by atoms with Gasteiger partial charge in [0.25, 0.3) is 0 Å². The van der Waals surface area contributed by atoms with Crippen molar-refractivity contribution in [2.24, 2.45) is 0 Å². The summed E-state index contributed by atoms with van der Waals surface area (Å²) in [5.41, 5.74) is 27.2. The van der Waals surface area contributed by atoms with Crippen LogP contribution in [0, 0.1) is 0 Å². The van der Waals surface area contributed by atoms with Crippen LogP contribution in [0.3, 0.4) is 0 Å². The summed E-state index contributed by atoms with van der Waals surface area (Å²) >= 11 is 10.7. The highest BCUT2D eigenvalue weighted by Gasteiger charge is 2.20. The SMILES string of the molecule is Brc1ccc(-c2cccc(-c3ccc(N(c4ccccc4)c4ccc(-c5ccccc5)cc4)cc3)c2)cc1.Brc1ccc(-c2ccccc2-c2ccc(N(c3ccccc3)c3cccc4ccccc34)cc2)cc1.Brc1cccc(-c2ccc(-c3cccc(N(c4ccccc4)c4cccc5ccccc45)c3)cc2)c1. The molecule has 0 spiro atoms. The molecule has 526 valence electrons. The van der Waals surface area contributed by atoms with Gasteiger partial charge in [-0.15, -0.1) is 0 Å². The van der Waals surface area contributed by atoms with Gasteiger partial charge in [0, 0.05) is 64.0 Å². The molecule has 110 heavy (non-hydrogen) atoms. The van der Waals surface area contributed by atoms with Crippen LogP contribution in [0.15, 0.2) is 462 Å². The van der Waals surface area contributed by atoms with Crippen molar-refractivity contribution in [1.29, 1.82) is 0 Å². The van der Waals surface area contributed by atoms with E-state index in [1.165, 1.54) is 111 Å². The molecule has 0 fully saturated rings. The van der Waals surface area contributed by atoms with Crippen molar-refractivity contribution in [2.75, 3.05) is 14.7 Å². The van der Waals surface area contributed by atoms with Gasteiger partial charge in [0.05, 0.1) is 11.4 Å². The van der Waals surface area contributed by atoms with Gasteiger partial charge in [0.2, 0.25) is 0 Å². The molecule has 0 bridgehead atoms. The van der Waals surface area contributed by atoms with Crippen molar-refractivity contribution in [3.8, 4) is 77.9 Å². The summed E-state index contributed by atoms with van der Waals surface area (Å²) in [5.74, 6) is 0. The Balaban J connectivity index is 0.000000125. The van der Waals surface area contributed by atoms with E-state index >= 15 is 0 Å². The first-order chi connectivity index (χ1) is 54.3. The number of rotatable bonds is 16. The largest absolute Gasteiger partial charge is 0.311 e. The van der Waals surface area contributed by atoms with Crippen molar-refractivity contribution < 1.29 is 0 Å². The minimum Gasteiger partial charge on any atom is -0.311 e. The van der Waals surface area contributed by atoms with Crippen LogP contribution in [-0.4, -0.2) is 0 Å². The van der Waals surface area contributed by atoms with Gasteiger partial charge < -0.3 is 14.7 Å². The average Bonchev–Trinajstić information content (AvgIpc) is 0.782. The van der Waals surface area contributed by atoms with E-state index in [9.17, 15) is 0 Å². The van der Waals surface area contributed by atoms with E-state index in [0.717, 1.165) is 53.2 Å². The van der Waals surface area contributed by atoms with Crippen molar-refractivity contribution in [3.63, 3.8) is 0 Å². The first-order valence-electron chi connectivity index (χ1n) is 36.8. The zero-order valence-corrected chi connectivity index (χ0v) is 65.0. The fraction of sp³-hybridized carbons (Fsp3) is 0. The zero-order valence-electron chi connectivity index (χ0n) is 60.2. The van der Waals surface area contributed by atoms with E-state index in [1.807, 2.05) is 0 Å². The monoisotopic (exact) mass is 1600 g/mol. The van der Waals surface area contributed by atoms with Crippen LogP contribution in [0.5, 0.6) is 0 Å². The Morgan fingerprint density at radius 2 is 0.409 bits per heavy atom. The molecule has 18 rings (SSSR count). The Bertz CT molecular complexity index is 6070. The number of para-hydroxylation sites is 3. The molecule has 0 aliphatic carbocycles. The van der Waals surface area contributed by atoms with Gasteiger partial charge in [-0.1, -0.05) is 357 Å².